The Morgan fingerprint density at radius 1 is 0.972 bits per heavy atom. The Labute approximate surface area is 203 Å². The number of anilines is 2. The van der Waals surface area contributed by atoms with Gasteiger partial charge in [0.1, 0.15) is 5.82 Å². The van der Waals surface area contributed by atoms with Crippen LogP contribution >= 0.6 is 0 Å². The number of amides is 2. The molecule has 2 heterocycles. The third kappa shape index (κ3) is 5.70. The zero-order valence-corrected chi connectivity index (χ0v) is 19.1. The van der Waals surface area contributed by atoms with Crippen molar-refractivity contribution in [3.05, 3.63) is 77.1 Å². The van der Waals surface area contributed by atoms with Crippen LogP contribution in [0.2, 0.25) is 0 Å². The van der Waals surface area contributed by atoms with E-state index in [9.17, 15) is 27.2 Å². The maximum absolute atomic E-state index is 13.9. The number of carbonyl (C=O) groups excluding carboxylic acids is 2. The lowest BCUT2D eigenvalue weighted by Crippen LogP contribution is -2.49. The summed E-state index contributed by atoms with van der Waals surface area (Å²) >= 11 is 0. The molecule has 8 nitrogen and oxygen atoms in total. The maximum Gasteiger partial charge on any atom is 0.418 e. The van der Waals surface area contributed by atoms with E-state index in [0.717, 1.165) is 6.07 Å². The van der Waals surface area contributed by atoms with Crippen molar-refractivity contribution in [3.63, 3.8) is 0 Å². The van der Waals surface area contributed by atoms with Crippen molar-refractivity contribution in [2.75, 3.05) is 36.4 Å². The number of nitrogens with zero attached hydrogens (tertiary/aromatic N) is 4. The highest BCUT2D eigenvalue weighted by Crippen LogP contribution is 2.32. The molecule has 2 amide bonds. The zero-order valence-electron chi connectivity index (χ0n) is 19.1. The molecule has 12 heteroatoms. The molecule has 3 aromatic rings. The quantitative estimate of drug-likeness (QED) is 0.527. The molecule has 0 saturated carbocycles. The molecule has 1 saturated heterocycles. The van der Waals surface area contributed by atoms with Gasteiger partial charge in [-0.2, -0.15) is 13.2 Å². The number of alkyl halides is 3. The van der Waals surface area contributed by atoms with E-state index in [-0.39, 0.29) is 30.2 Å². The van der Waals surface area contributed by atoms with E-state index in [1.807, 2.05) is 0 Å². The lowest BCUT2D eigenvalue weighted by Gasteiger charge is -2.35. The van der Waals surface area contributed by atoms with E-state index in [1.165, 1.54) is 41.3 Å². The molecule has 0 radical (unpaired) electrons. The number of nitrogens with one attached hydrogen (secondary N) is 1. The molecule has 1 aliphatic rings. The number of aromatic nitrogens is 2. The molecule has 1 aromatic heterocycles. The van der Waals surface area contributed by atoms with Crippen molar-refractivity contribution in [1.82, 2.24) is 15.1 Å². The van der Waals surface area contributed by atoms with Crippen molar-refractivity contribution in [3.8, 4) is 5.88 Å². The monoisotopic (exact) mass is 503 g/mol. The standard InChI is InChI=1S/C24H21F4N5O3/c1-15-6-7-19(18(25)14-15)29-23(35)36-21-9-8-20(30-31-21)32-10-12-33(13-11-32)22(34)16-4-2-3-5-17(16)24(26,27)28/h2-9,14H,10-13H2,1H3,(H,29,35). The van der Waals surface area contributed by atoms with Gasteiger partial charge >= 0.3 is 12.3 Å². The Bertz CT molecular complexity index is 1260. The van der Waals surface area contributed by atoms with E-state index in [1.54, 1.807) is 24.0 Å². The average molecular weight is 503 g/mol. The molecular weight excluding hydrogens is 482 g/mol. The second-order valence-corrected chi connectivity index (χ2v) is 8.05. The van der Waals surface area contributed by atoms with Crippen LogP contribution < -0.4 is 15.0 Å². The highest BCUT2D eigenvalue weighted by molar-refractivity contribution is 5.96. The second kappa shape index (κ2) is 10.2. The van der Waals surface area contributed by atoms with Crippen LogP contribution in [0, 0.1) is 12.7 Å². The van der Waals surface area contributed by atoms with Crippen molar-refractivity contribution >= 4 is 23.5 Å². The van der Waals surface area contributed by atoms with Crippen LogP contribution in [-0.2, 0) is 6.18 Å². The van der Waals surface area contributed by atoms with Gasteiger partial charge in [0.25, 0.3) is 5.91 Å². The fourth-order valence-electron chi connectivity index (χ4n) is 3.71. The minimum Gasteiger partial charge on any atom is -0.389 e. The topological polar surface area (TPSA) is 87.7 Å². The molecule has 1 N–H and O–H groups in total. The minimum absolute atomic E-state index is 0.0412. The number of hydrogen-bond acceptors (Lipinski definition) is 6. The Hall–Kier alpha value is -4.22. The van der Waals surface area contributed by atoms with Gasteiger partial charge in [-0.25, -0.2) is 9.18 Å². The number of piperazine rings is 1. The molecule has 188 valence electrons. The molecule has 2 aromatic carbocycles. The lowest BCUT2D eigenvalue weighted by molar-refractivity contribution is -0.138. The Morgan fingerprint density at radius 2 is 1.69 bits per heavy atom. The minimum atomic E-state index is -4.63. The first kappa shape index (κ1) is 24.9. The largest absolute Gasteiger partial charge is 0.418 e. The van der Waals surface area contributed by atoms with Gasteiger partial charge in [-0.05, 0) is 42.8 Å². The van der Waals surface area contributed by atoms with Gasteiger partial charge in [-0.15, -0.1) is 10.2 Å². The van der Waals surface area contributed by atoms with Gasteiger partial charge < -0.3 is 14.5 Å². The van der Waals surface area contributed by atoms with Gasteiger partial charge in [0.15, 0.2) is 5.82 Å². The molecule has 1 aliphatic heterocycles. The summed E-state index contributed by atoms with van der Waals surface area (Å²) in [5.41, 5.74) is -0.693. The van der Waals surface area contributed by atoms with E-state index < -0.39 is 29.6 Å². The smallest absolute Gasteiger partial charge is 0.389 e. The van der Waals surface area contributed by atoms with E-state index in [2.05, 4.69) is 15.5 Å². The summed E-state index contributed by atoms with van der Waals surface area (Å²) in [5.74, 6) is -0.960. The van der Waals surface area contributed by atoms with Crippen molar-refractivity contribution < 1.29 is 31.9 Å². The van der Waals surface area contributed by atoms with Crippen LogP contribution in [0.25, 0.3) is 0 Å². The summed E-state index contributed by atoms with van der Waals surface area (Å²) < 4.78 is 58.7. The Kier molecular flexibility index (Phi) is 7.04. The fourth-order valence-corrected chi connectivity index (χ4v) is 3.71. The van der Waals surface area contributed by atoms with Gasteiger partial charge in [0, 0.05) is 32.2 Å². The van der Waals surface area contributed by atoms with Gasteiger partial charge in [-0.3, -0.25) is 10.1 Å². The van der Waals surface area contributed by atoms with Crippen molar-refractivity contribution in [1.29, 1.82) is 0 Å². The normalized spacial score (nSPS) is 13.9. The zero-order chi connectivity index (χ0) is 25.9. The predicted molar refractivity (Wildman–Crippen MR) is 122 cm³/mol. The summed E-state index contributed by atoms with van der Waals surface area (Å²) in [6.45, 7) is 2.74. The summed E-state index contributed by atoms with van der Waals surface area (Å²) in [6, 6.07) is 12.0. The van der Waals surface area contributed by atoms with E-state index >= 15 is 0 Å². The summed E-state index contributed by atoms with van der Waals surface area (Å²) in [7, 11) is 0. The number of rotatable bonds is 4. The summed E-state index contributed by atoms with van der Waals surface area (Å²) in [6.07, 6.45) is -5.57. The molecule has 1 fully saturated rings. The van der Waals surface area contributed by atoms with Crippen LogP contribution in [0.3, 0.4) is 0 Å². The van der Waals surface area contributed by atoms with E-state index in [0.29, 0.717) is 24.5 Å². The fraction of sp³-hybridized carbons (Fsp3) is 0.250. The lowest BCUT2D eigenvalue weighted by atomic mass is 10.1. The third-order valence-corrected chi connectivity index (χ3v) is 5.54. The van der Waals surface area contributed by atoms with Gasteiger partial charge in [-0.1, -0.05) is 18.2 Å². The van der Waals surface area contributed by atoms with Crippen LogP contribution in [-0.4, -0.2) is 53.3 Å². The first-order valence-electron chi connectivity index (χ1n) is 10.9. The van der Waals surface area contributed by atoms with Gasteiger partial charge in [0.2, 0.25) is 5.88 Å². The molecule has 4 rings (SSSR count). The molecule has 0 bridgehead atoms. The first-order valence-corrected chi connectivity index (χ1v) is 10.9. The van der Waals surface area contributed by atoms with Gasteiger partial charge in [0.05, 0.1) is 16.8 Å². The van der Waals surface area contributed by atoms with Crippen molar-refractivity contribution in [2.45, 2.75) is 13.1 Å². The average Bonchev–Trinajstić information content (AvgIpc) is 2.85. The van der Waals surface area contributed by atoms with Crippen LogP contribution in [0.4, 0.5) is 33.9 Å². The van der Waals surface area contributed by atoms with Crippen LogP contribution in [0.5, 0.6) is 5.88 Å². The molecule has 0 atom stereocenters. The molecule has 0 aliphatic carbocycles. The van der Waals surface area contributed by atoms with Crippen molar-refractivity contribution in [2.24, 2.45) is 0 Å². The third-order valence-electron chi connectivity index (χ3n) is 5.54. The first-order chi connectivity index (χ1) is 17.1. The molecule has 36 heavy (non-hydrogen) atoms. The molecular formula is C24H21F4N5O3. The SMILES string of the molecule is Cc1ccc(NC(=O)Oc2ccc(N3CCN(C(=O)c4ccccc4C(F)(F)F)CC3)nn2)c(F)c1. The molecule has 0 spiro atoms. The number of carbonyl (C=O) groups is 2. The van der Waals surface area contributed by atoms with Crippen LogP contribution in [0.15, 0.2) is 54.6 Å². The van der Waals surface area contributed by atoms with E-state index in [4.69, 9.17) is 4.74 Å². The maximum atomic E-state index is 13.9. The Balaban J connectivity index is 1.33. The predicted octanol–water partition coefficient (Wildman–Crippen LogP) is 4.52. The number of benzene rings is 2. The number of aryl methyl sites for hydroxylation is 1. The molecule has 0 unspecified atom stereocenters. The summed E-state index contributed by atoms with van der Waals surface area (Å²) in [4.78, 5) is 27.9. The summed E-state index contributed by atoms with van der Waals surface area (Å²) in [5, 5.41) is 10.1. The number of ether oxygens (including phenoxy) is 1. The van der Waals surface area contributed by atoms with Crippen LogP contribution in [0.1, 0.15) is 21.5 Å². The second-order valence-electron chi connectivity index (χ2n) is 8.05. The number of halogens is 4. The Morgan fingerprint density at radius 3 is 2.33 bits per heavy atom. The highest BCUT2D eigenvalue weighted by Gasteiger charge is 2.36. The highest BCUT2D eigenvalue weighted by atomic mass is 19.4. The number of hydrogen-bond donors (Lipinski definition) is 1.